The second kappa shape index (κ2) is 11.8. The number of hydrogen-bond acceptors (Lipinski definition) is 4. The van der Waals surface area contributed by atoms with Crippen LogP contribution in [-0.2, 0) is 16.6 Å². The molecule has 0 saturated carbocycles. The van der Waals surface area contributed by atoms with Gasteiger partial charge in [-0.1, -0.05) is 56.0 Å². The van der Waals surface area contributed by atoms with Crippen molar-refractivity contribution in [3.63, 3.8) is 0 Å². The number of aliphatic carboxylic acids is 1. The Morgan fingerprint density at radius 2 is 1.66 bits per heavy atom. The van der Waals surface area contributed by atoms with E-state index in [0.29, 0.717) is 5.56 Å². The highest BCUT2D eigenvalue weighted by atomic mass is 32.2. The van der Waals surface area contributed by atoms with E-state index in [1.165, 1.54) is 11.1 Å². The number of pyridine rings is 1. The highest BCUT2D eigenvalue weighted by Crippen LogP contribution is 2.41. The quantitative estimate of drug-likeness (QED) is 0.334. The molecule has 4 rings (SSSR count). The largest absolute Gasteiger partial charge is 0.481 e. The number of benzene rings is 2. The third-order valence-electron chi connectivity index (χ3n) is 7.98. The second-order valence-electron chi connectivity index (χ2n) is 10.4. The minimum absolute atomic E-state index is 0.0369. The Balaban J connectivity index is 1.67. The van der Waals surface area contributed by atoms with Crippen molar-refractivity contribution in [3.8, 4) is 23.0 Å². The maximum absolute atomic E-state index is 11.2. The van der Waals surface area contributed by atoms with Crippen molar-refractivity contribution in [2.75, 3.05) is 11.5 Å². The van der Waals surface area contributed by atoms with Gasteiger partial charge in [0.1, 0.15) is 5.60 Å². The summed E-state index contributed by atoms with van der Waals surface area (Å²) in [6.45, 7) is 8.70. The van der Waals surface area contributed by atoms with E-state index >= 15 is 0 Å². The monoisotopic (exact) mass is 527 g/mol. The molecule has 0 radical (unpaired) electrons. The summed E-state index contributed by atoms with van der Waals surface area (Å²) in [6.07, 6.45) is 6.75. The number of rotatable bonds is 7. The van der Waals surface area contributed by atoms with E-state index in [0.717, 1.165) is 65.0 Å². The molecule has 1 aliphatic rings. The summed E-state index contributed by atoms with van der Waals surface area (Å²) in [6, 6.07) is 15.1. The summed E-state index contributed by atoms with van der Waals surface area (Å²) < 4.78 is 0. The van der Waals surface area contributed by atoms with Crippen LogP contribution in [0.25, 0.3) is 11.1 Å². The molecule has 1 aliphatic heterocycles. The van der Waals surface area contributed by atoms with E-state index in [2.05, 4.69) is 80.9 Å². The van der Waals surface area contributed by atoms with E-state index in [9.17, 15) is 9.90 Å². The van der Waals surface area contributed by atoms with Crippen LogP contribution >= 0.6 is 11.8 Å². The second-order valence-corrected chi connectivity index (χ2v) is 11.6. The maximum Gasteiger partial charge on any atom is 0.307 e. The minimum Gasteiger partial charge on any atom is -0.481 e. The van der Waals surface area contributed by atoms with Crippen molar-refractivity contribution in [1.29, 1.82) is 0 Å². The first-order valence-electron chi connectivity index (χ1n) is 13.4. The molecule has 4 nitrogen and oxygen atoms in total. The van der Waals surface area contributed by atoms with Crippen molar-refractivity contribution in [1.82, 2.24) is 4.98 Å². The van der Waals surface area contributed by atoms with Crippen LogP contribution in [0.3, 0.4) is 0 Å². The van der Waals surface area contributed by atoms with Gasteiger partial charge >= 0.3 is 5.97 Å². The topological polar surface area (TPSA) is 70.4 Å². The summed E-state index contributed by atoms with van der Waals surface area (Å²) in [5.41, 5.74) is 7.48. The number of aryl methyl sites for hydroxylation is 2. The number of aromatic nitrogens is 1. The van der Waals surface area contributed by atoms with Gasteiger partial charge in [-0.3, -0.25) is 9.78 Å². The van der Waals surface area contributed by atoms with Gasteiger partial charge in [-0.15, -0.1) is 0 Å². The molecule has 3 aromatic rings. The fraction of sp³-hybridized carbons (Fsp3) is 0.394. The van der Waals surface area contributed by atoms with Gasteiger partial charge in [-0.05, 0) is 96.5 Å². The van der Waals surface area contributed by atoms with Crippen LogP contribution in [0.1, 0.15) is 72.9 Å². The summed E-state index contributed by atoms with van der Waals surface area (Å²) in [5.74, 6) is 7.51. The maximum atomic E-state index is 11.2. The lowest BCUT2D eigenvalue weighted by molar-refractivity contribution is -0.136. The van der Waals surface area contributed by atoms with Crippen LogP contribution in [0.2, 0.25) is 0 Å². The smallest absolute Gasteiger partial charge is 0.307 e. The van der Waals surface area contributed by atoms with Gasteiger partial charge < -0.3 is 10.2 Å². The summed E-state index contributed by atoms with van der Waals surface area (Å²) in [7, 11) is 0. The molecule has 198 valence electrons. The molecule has 5 heteroatoms. The molecule has 0 aliphatic carbocycles. The third kappa shape index (κ3) is 5.98. The molecule has 38 heavy (non-hydrogen) atoms. The number of carboxylic acids is 1. The number of aliphatic hydroxyl groups is 1. The molecular weight excluding hydrogens is 490 g/mol. The minimum atomic E-state index is -0.866. The van der Waals surface area contributed by atoms with E-state index in [4.69, 9.17) is 5.11 Å². The van der Waals surface area contributed by atoms with Crippen molar-refractivity contribution in [3.05, 3.63) is 88.2 Å². The number of carbonyl (C=O) groups is 1. The van der Waals surface area contributed by atoms with E-state index in [1.807, 2.05) is 17.8 Å². The lowest BCUT2D eigenvalue weighted by Crippen LogP contribution is -2.31. The number of carboxylic acid groups (broad SMARTS) is 1. The summed E-state index contributed by atoms with van der Waals surface area (Å²) in [4.78, 5) is 15.4. The third-order valence-corrected chi connectivity index (χ3v) is 8.96. The zero-order chi connectivity index (χ0) is 27.3. The van der Waals surface area contributed by atoms with Gasteiger partial charge in [-0.2, -0.15) is 11.8 Å². The number of hydrogen-bond donors (Lipinski definition) is 2. The molecule has 1 saturated heterocycles. The molecule has 1 aromatic heterocycles. The molecule has 0 amide bonds. The molecular formula is C33H37NO3S. The molecule has 0 spiro atoms. The molecule has 0 unspecified atom stereocenters. The highest BCUT2D eigenvalue weighted by molar-refractivity contribution is 7.99. The van der Waals surface area contributed by atoms with Gasteiger partial charge in [0, 0.05) is 28.9 Å². The lowest BCUT2D eigenvalue weighted by Gasteiger charge is -2.34. The van der Waals surface area contributed by atoms with E-state index in [1.54, 1.807) is 12.4 Å². The molecule has 2 aromatic carbocycles. The molecule has 0 atom stereocenters. The lowest BCUT2D eigenvalue weighted by atomic mass is 9.69. The van der Waals surface area contributed by atoms with Crippen molar-refractivity contribution >= 4 is 17.7 Å². The van der Waals surface area contributed by atoms with Crippen LogP contribution < -0.4 is 0 Å². The summed E-state index contributed by atoms with van der Waals surface area (Å²) >= 11 is 1.88. The average Bonchev–Trinajstić information content (AvgIpc) is 2.89. The Bertz CT molecular complexity index is 1370. The SMILES string of the molecule is CCC(CC)(c1ccc(C#CC2(O)CCSCC2)c(C)c1)c1ccc(-c2cncc(CC(=O)O)c2)c(C)c1. The Kier molecular flexibility index (Phi) is 8.65. The zero-order valence-corrected chi connectivity index (χ0v) is 23.6. The first-order valence-corrected chi connectivity index (χ1v) is 14.6. The van der Waals surface area contributed by atoms with E-state index in [-0.39, 0.29) is 11.8 Å². The molecule has 1 fully saturated rings. The first-order chi connectivity index (χ1) is 18.2. The summed E-state index contributed by atoms with van der Waals surface area (Å²) in [5, 5.41) is 20.0. The Morgan fingerprint density at radius 1 is 1.00 bits per heavy atom. The average molecular weight is 528 g/mol. The van der Waals surface area contributed by atoms with Crippen LogP contribution in [0.5, 0.6) is 0 Å². The van der Waals surface area contributed by atoms with Crippen LogP contribution in [-0.4, -0.2) is 38.3 Å². The Labute approximate surface area is 230 Å². The molecule has 2 heterocycles. The van der Waals surface area contributed by atoms with Gasteiger partial charge in [0.15, 0.2) is 0 Å². The normalized spacial score (nSPS) is 15.0. The van der Waals surface area contributed by atoms with Crippen molar-refractivity contribution in [2.24, 2.45) is 0 Å². The van der Waals surface area contributed by atoms with Crippen molar-refractivity contribution in [2.45, 2.75) is 70.8 Å². The molecule has 0 bridgehead atoms. The van der Waals surface area contributed by atoms with Gasteiger partial charge in [-0.25, -0.2) is 0 Å². The fourth-order valence-electron chi connectivity index (χ4n) is 5.54. The van der Waals surface area contributed by atoms with Gasteiger partial charge in [0.05, 0.1) is 6.42 Å². The van der Waals surface area contributed by atoms with Crippen molar-refractivity contribution < 1.29 is 15.0 Å². The highest BCUT2D eigenvalue weighted by Gasteiger charge is 2.31. The van der Waals surface area contributed by atoms with Crippen LogP contribution in [0.4, 0.5) is 0 Å². The number of thioether (sulfide) groups is 1. The predicted molar refractivity (Wildman–Crippen MR) is 157 cm³/mol. The van der Waals surface area contributed by atoms with Gasteiger partial charge in [0.2, 0.25) is 0 Å². The van der Waals surface area contributed by atoms with Crippen LogP contribution in [0.15, 0.2) is 54.9 Å². The van der Waals surface area contributed by atoms with Crippen LogP contribution in [0, 0.1) is 25.7 Å². The standard InChI is InChI=1S/C33H37NO3S/c1-5-33(6-2,28-8-7-26(23(3)17-28)11-12-32(37)13-15-38-16-14-32)29-9-10-30(24(4)18-29)27-19-25(20-31(35)36)21-34-22-27/h7-10,17-19,21-22,37H,5-6,13-16,20H2,1-4H3,(H,35,36). The Hall–Kier alpha value is -3.07. The molecule has 2 N–H and O–H groups in total. The Morgan fingerprint density at radius 3 is 2.26 bits per heavy atom. The zero-order valence-electron chi connectivity index (χ0n) is 22.8. The van der Waals surface area contributed by atoms with Gasteiger partial charge in [0.25, 0.3) is 0 Å². The predicted octanol–water partition coefficient (Wildman–Crippen LogP) is 6.71. The number of nitrogens with zero attached hydrogens (tertiary/aromatic N) is 1. The van der Waals surface area contributed by atoms with E-state index < -0.39 is 11.6 Å². The fourth-order valence-corrected chi connectivity index (χ4v) is 6.71. The first kappa shape index (κ1) is 28.0.